The van der Waals surface area contributed by atoms with E-state index in [2.05, 4.69) is 5.63 Å². The summed E-state index contributed by atoms with van der Waals surface area (Å²) in [5, 5.41) is 8.47. The summed E-state index contributed by atoms with van der Waals surface area (Å²) in [4.78, 5) is 10.3. The first-order valence-corrected chi connectivity index (χ1v) is 4.42. The van der Waals surface area contributed by atoms with E-state index < -0.39 is 5.97 Å². The van der Waals surface area contributed by atoms with Crippen LogP contribution >= 0.6 is 7.92 Å². The van der Waals surface area contributed by atoms with E-state index in [1.54, 1.807) is 24.3 Å². The van der Waals surface area contributed by atoms with Crippen molar-refractivity contribution in [3.05, 3.63) is 35.4 Å². The Hall–Kier alpha value is -1.30. The van der Waals surface area contributed by atoms with Gasteiger partial charge in [-0.15, -0.1) is 0 Å². The molecule has 0 aromatic heterocycles. The molecule has 4 heteroatoms. The van der Waals surface area contributed by atoms with E-state index in [0.717, 1.165) is 5.56 Å². The summed E-state index contributed by atoms with van der Waals surface area (Å²) < 4.78 is 10.1. The van der Waals surface area contributed by atoms with Crippen LogP contribution in [0.5, 0.6) is 0 Å². The third-order valence-corrected chi connectivity index (χ3v) is 1.83. The first kappa shape index (κ1) is 9.79. The first-order valence-electron chi connectivity index (χ1n) is 3.61. The summed E-state index contributed by atoms with van der Waals surface area (Å²) in [7, 11) is -0.165. The Kier molecular flexibility index (Phi) is 3.51. The van der Waals surface area contributed by atoms with Gasteiger partial charge in [0.1, 0.15) is 0 Å². The molecule has 0 bridgehead atoms. The molecule has 1 rings (SSSR count). The van der Waals surface area contributed by atoms with Crippen molar-refractivity contribution in [2.45, 2.75) is 6.42 Å². The van der Waals surface area contributed by atoms with Gasteiger partial charge in [0.25, 0.3) is 0 Å². The van der Waals surface area contributed by atoms with Crippen LogP contribution in [0.15, 0.2) is 24.3 Å². The Balaban J connectivity index is 2.85. The van der Waals surface area contributed by atoms with Gasteiger partial charge in [-0.25, -0.2) is 0 Å². The molecule has 1 N–H and O–H groups in total. The molecule has 0 spiro atoms. The van der Waals surface area contributed by atoms with E-state index in [1.165, 1.54) is 0 Å². The maximum atomic E-state index is 10.3. The van der Waals surface area contributed by atoms with Gasteiger partial charge in [-0.1, -0.05) is 0 Å². The van der Waals surface area contributed by atoms with E-state index in [-0.39, 0.29) is 14.3 Å². The number of carboxylic acids is 1. The molecule has 0 saturated carbocycles. The van der Waals surface area contributed by atoms with Crippen molar-refractivity contribution in [1.82, 2.24) is 0 Å². The van der Waals surface area contributed by atoms with E-state index in [9.17, 15) is 9.36 Å². The second-order valence-electron chi connectivity index (χ2n) is 2.47. The fourth-order valence-electron chi connectivity index (χ4n) is 0.924. The molecule has 0 unspecified atom stereocenters. The summed E-state index contributed by atoms with van der Waals surface area (Å²) in [6.45, 7) is 0. The second kappa shape index (κ2) is 4.66. The minimum atomic E-state index is -0.859. The van der Waals surface area contributed by atoms with Crippen molar-refractivity contribution in [3.8, 4) is 5.63 Å². The van der Waals surface area contributed by atoms with Gasteiger partial charge in [0.05, 0.1) is 0 Å². The molecule has 66 valence electrons. The van der Waals surface area contributed by atoms with Crippen molar-refractivity contribution in [3.63, 3.8) is 0 Å². The van der Waals surface area contributed by atoms with E-state index in [4.69, 9.17) is 5.11 Å². The molecule has 3 nitrogen and oxygen atoms in total. The van der Waals surface area contributed by atoms with Gasteiger partial charge in [-0.2, -0.15) is 0 Å². The van der Waals surface area contributed by atoms with Crippen molar-refractivity contribution in [1.29, 1.82) is 0 Å². The quantitative estimate of drug-likeness (QED) is 0.731. The molecule has 0 heterocycles. The number of rotatable bonds is 2. The monoisotopic (exact) mass is 194 g/mol. The Morgan fingerprint density at radius 3 is 2.46 bits per heavy atom. The van der Waals surface area contributed by atoms with Gasteiger partial charge in [0, 0.05) is 0 Å². The SMILES string of the molecule is O=P#Cc1ccc(CC(=O)O)cc1. The average molecular weight is 194 g/mol. The fourth-order valence-corrected chi connectivity index (χ4v) is 1.18. The topological polar surface area (TPSA) is 54.4 Å². The number of hydrogen-bond donors (Lipinski definition) is 1. The van der Waals surface area contributed by atoms with Crippen molar-refractivity contribution in [2.75, 3.05) is 0 Å². The Morgan fingerprint density at radius 2 is 2.00 bits per heavy atom. The first-order chi connectivity index (χ1) is 6.22. The van der Waals surface area contributed by atoms with Gasteiger partial charge in [0.2, 0.25) is 0 Å². The minimum absolute atomic E-state index is 0.00929. The summed E-state index contributed by atoms with van der Waals surface area (Å²) in [6.07, 6.45) is 0.00929. The molecular weight excluding hydrogens is 187 g/mol. The number of carboxylic acid groups (broad SMARTS) is 1. The summed E-state index contributed by atoms with van der Waals surface area (Å²) in [5.74, 6) is -0.859. The van der Waals surface area contributed by atoms with Crippen LogP contribution in [-0.4, -0.2) is 11.1 Å². The van der Waals surface area contributed by atoms with Gasteiger partial charge < -0.3 is 0 Å². The van der Waals surface area contributed by atoms with Crippen LogP contribution in [0.2, 0.25) is 0 Å². The maximum absolute atomic E-state index is 10.3. The van der Waals surface area contributed by atoms with E-state index >= 15 is 0 Å². The van der Waals surface area contributed by atoms with Crippen LogP contribution in [0.25, 0.3) is 0 Å². The van der Waals surface area contributed by atoms with Gasteiger partial charge in [-0.3, -0.25) is 0 Å². The average Bonchev–Trinajstić information content (AvgIpc) is 2.08. The van der Waals surface area contributed by atoms with Gasteiger partial charge in [-0.05, 0) is 0 Å². The van der Waals surface area contributed by atoms with Crippen LogP contribution < -0.4 is 0 Å². The van der Waals surface area contributed by atoms with E-state index in [1.807, 2.05) is 0 Å². The molecule has 0 atom stereocenters. The molecule has 0 aliphatic heterocycles. The third kappa shape index (κ3) is 3.29. The summed E-state index contributed by atoms with van der Waals surface area (Å²) >= 11 is 0. The molecule has 1 aromatic rings. The Bertz CT molecular complexity index is 402. The zero-order valence-corrected chi connectivity index (χ0v) is 7.62. The molecule has 0 amide bonds. The fraction of sp³-hybridized carbons (Fsp3) is 0.111. The normalized spacial score (nSPS) is 8.92. The van der Waals surface area contributed by atoms with Crippen molar-refractivity contribution >= 4 is 13.9 Å². The number of benzene rings is 1. The van der Waals surface area contributed by atoms with Crippen LogP contribution in [0.4, 0.5) is 0 Å². The van der Waals surface area contributed by atoms with Crippen molar-refractivity contribution in [2.24, 2.45) is 0 Å². The molecule has 0 saturated heterocycles. The number of aliphatic carboxylic acids is 1. The van der Waals surface area contributed by atoms with Gasteiger partial charge >= 0.3 is 75.8 Å². The number of hydrogen-bond acceptors (Lipinski definition) is 2. The van der Waals surface area contributed by atoms with E-state index in [0.29, 0.717) is 5.56 Å². The predicted molar refractivity (Wildman–Crippen MR) is 48.4 cm³/mol. The van der Waals surface area contributed by atoms with Crippen molar-refractivity contribution < 1.29 is 14.5 Å². The summed E-state index contributed by atoms with van der Waals surface area (Å²) in [6, 6.07) is 6.73. The van der Waals surface area contributed by atoms with Crippen LogP contribution in [0.1, 0.15) is 11.1 Å². The van der Waals surface area contributed by atoms with Crippen LogP contribution in [0.3, 0.4) is 0 Å². The Labute approximate surface area is 76.5 Å². The second-order valence-corrected chi connectivity index (χ2v) is 2.88. The molecule has 1 aromatic carbocycles. The molecule has 0 aliphatic rings. The molecular formula is C9H7O3P. The predicted octanol–water partition coefficient (Wildman–Crippen LogP) is 1.91. The molecule has 0 aliphatic carbocycles. The number of carbonyl (C=O) groups is 1. The molecule has 0 radical (unpaired) electrons. The standard InChI is InChI=1S/C9H7O3P/c10-9(11)5-7-1-3-8(4-2-7)6-13-12/h1-4H,5H2,(H,10,11). The molecule has 0 fully saturated rings. The van der Waals surface area contributed by atoms with Crippen LogP contribution in [-0.2, 0) is 15.8 Å². The Morgan fingerprint density at radius 1 is 1.38 bits per heavy atom. The van der Waals surface area contributed by atoms with Crippen LogP contribution in [0, 0.1) is 5.63 Å². The summed E-state index contributed by atoms with van der Waals surface area (Å²) in [5.41, 5.74) is 3.98. The van der Waals surface area contributed by atoms with Gasteiger partial charge in [0.15, 0.2) is 0 Å². The third-order valence-electron chi connectivity index (χ3n) is 1.48. The molecule has 13 heavy (non-hydrogen) atoms. The zero-order chi connectivity index (χ0) is 9.68. The zero-order valence-electron chi connectivity index (χ0n) is 6.73.